The van der Waals surface area contributed by atoms with Crippen LogP contribution in [0, 0.1) is 42.4 Å². The predicted molar refractivity (Wildman–Crippen MR) is 133 cm³/mol. The second kappa shape index (κ2) is 8.06. The Bertz CT molecular complexity index is 1210. The number of hydrogen-bond donors (Lipinski definition) is 1. The summed E-state index contributed by atoms with van der Waals surface area (Å²) in [5.74, 6) is -0.158. The predicted octanol–water partition coefficient (Wildman–Crippen LogP) is 5.01. The first kappa shape index (κ1) is 22.1. The van der Waals surface area contributed by atoms with Gasteiger partial charge in [0.2, 0.25) is 17.7 Å². The lowest BCUT2D eigenvalue weighted by atomic mass is 9.63. The average Bonchev–Trinajstić information content (AvgIpc) is 3.62. The zero-order valence-electron chi connectivity index (χ0n) is 18.6. The zero-order chi connectivity index (χ0) is 23.7. The molecule has 7 heteroatoms. The first-order valence-corrected chi connectivity index (χ1v) is 12.9. The SMILES string of the molecule is Cc1c(NC(=O)[C@H](Cc2ccccc2)N2C(=O)[C@@H]3[C@H]4C=C[C@@H]([C@@H]5C[C@H]45)[C@@H]3C2=O)ccc(Br)c1Cl. The molecule has 2 bridgehead atoms. The lowest BCUT2D eigenvalue weighted by Gasteiger charge is -2.37. The molecule has 0 aromatic heterocycles. The summed E-state index contributed by atoms with van der Waals surface area (Å²) in [5.41, 5.74) is 2.18. The van der Waals surface area contributed by atoms with Gasteiger partial charge in [-0.05, 0) is 76.2 Å². The minimum Gasteiger partial charge on any atom is -0.324 e. The van der Waals surface area contributed by atoms with Gasteiger partial charge in [-0.2, -0.15) is 0 Å². The number of halogens is 2. The lowest BCUT2D eigenvalue weighted by molar-refractivity contribution is -0.146. The monoisotopic (exact) mass is 538 g/mol. The normalized spacial score (nSPS) is 31.3. The number of carbonyl (C=O) groups is 3. The van der Waals surface area contributed by atoms with Crippen LogP contribution in [-0.4, -0.2) is 28.7 Å². The van der Waals surface area contributed by atoms with Gasteiger partial charge in [0, 0.05) is 16.6 Å². The molecule has 3 fully saturated rings. The van der Waals surface area contributed by atoms with Gasteiger partial charge in [-0.3, -0.25) is 19.3 Å². The van der Waals surface area contributed by atoms with Crippen molar-refractivity contribution in [2.75, 3.05) is 5.32 Å². The molecular formula is C27H24BrClN2O3. The summed E-state index contributed by atoms with van der Waals surface area (Å²) in [6.45, 7) is 1.82. The Kier molecular flexibility index (Phi) is 5.23. The molecule has 1 N–H and O–H groups in total. The third kappa shape index (κ3) is 3.29. The Balaban J connectivity index is 1.34. The number of benzene rings is 2. The molecule has 174 valence electrons. The van der Waals surface area contributed by atoms with Gasteiger partial charge >= 0.3 is 0 Å². The van der Waals surface area contributed by atoms with Gasteiger partial charge in [-0.15, -0.1) is 0 Å². The molecule has 1 saturated heterocycles. The number of anilines is 1. The van der Waals surface area contributed by atoms with Crippen LogP contribution in [-0.2, 0) is 20.8 Å². The third-order valence-corrected chi connectivity index (χ3v) is 9.56. The topological polar surface area (TPSA) is 66.5 Å². The summed E-state index contributed by atoms with van der Waals surface area (Å²) in [6, 6.07) is 12.2. The van der Waals surface area contributed by atoms with Crippen LogP contribution < -0.4 is 5.32 Å². The third-order valence-electron chi connectivity index (χ3n) is 8.18. The van der Waals surface area contributed by atoms with Crippen molar-refractivity contribution in [2.24, 2.45) is 35.5 Å². The molecule has 1 aliphatic heterocycles. The highest BCUT2D eigenvalue weighted by molar-refractivity contribution is 9.10. The second-order valence-electron chi connectivity index (χ2n) is 9.93. The number of allylic oxidation sites excluding steroid dienone is 2. The molecule has 0 radical (unpaired) electrons. The van der Waals surface area contributed by atoms with Crippen LogP contribution in [0.25, 0.3) is 0 Å². The van der Waals surface area contributed by atoms with E-state index in [0.29, 0.717) is 22.5 Å². The highest BCUT2D eigenvalue weighted by Crippen LogP contribution is 2.65. The minimum atomic E-state index is -0.925. The Morgan fingerprint density at radius 3 is 2.29 bits per heavy atom. The number of carbonyl (C=O) groups excluding carboxylic acids is 3. The number of rotatable bonds is 5. The molecular weight excluding hydrogens is 516 g/mol. The summed E-state index contributed by atoms with van der Waals surface area (Å²) in [5, 5.41) is 3.46. The van der Waals surface area contributed by atoms with Gasteiger partial charge in [0.1, 0.15) is 6.04 Å². The molecule has 7 rings (SSSR count). The lowest BCUT2D eigenvalue weighted by Crippen LogP contribution is -2.49. The van der Waals surface area contributed by atoms with Crippen molar-refractivity contribution in [1.82, 2.24) is 4.90 Å². The van der Waals surface area contributed by atoms with E-state index in [1.54, 1.807) is 12.1 Å². The molecule has 5 aliphatic rings. The van der Waals surface area contributed by atoms with Crippen molar-refractivity contribution < 1.29 is 14.4 Å². The molecule has 34 heavy (non-hydrogen) atoms. The fraction of sp³-hybridized carbons (Fsp3) is 0.370. The maximum atomic E-state index is 13.7. The minimum absolute atomic E-state index is 0.120. The van der Waals surface area contributed by atoms with E-state index >= 15 is 0 Å². The molecule has 4 aliphatic carbocycles. The summed E-state index contributed by atoms with van der Waals surface area (Å²) in [6.07, 6.45) is 5.66. The van der Waals surface area contributed by atoms with Crippen LogP contribution in [0.3, 0.4) is 0 Å². The van der Waals surface area contributed by atoms with Crippen LogP contribution in [0.2, 0.25) is 5.02 Å². The van der Waals surface area contributed by atoms with Crippen LogP contribution in [0.15, 0.2) is 59.1 Å². The van der Waals surface area contributed by atoms with Crippen molar-refractivity contribution in [2.45, 2.75) is 25.8 Å². The molecule has 1 heterocycles. The molecule has 2 aromatic carbocycles. The standard InChI is InChI=1S/C27H24BrClN2O3/c1-13-20(10-9-19(28)24(13)29)30-25(32)21(11-14-5-3-2-4-6-14)31-26(33)22-15-7-8-16(18-12-17(15)18)23(22)27(31)34/h2-10,15-18,21-23H,11-12H2,1H3,(H,30,32)/t15-,16-,17-,18+,21-,22-,23+/m0/s1. The van der Waals surface area contributed by atoms with Crippen LogP contribution >= 0.6 is 27.5 Å². The van der Waals surface area contributed by atoms with Crippen molar-refractivity contribution >= 4 is 50.9 Å². The van der Waals surface area contributed by atoms with Crippen molar-refractivity contribution in [3.63, 3.8) is 0 Å². The van der Waals surface area contributed by atoms with Crippen molar-refractivity contribution in [3.8, 4) is 0 Å². The number of imide groups is 1. The Morgan fingerprint density at radius 1 is 1.06 bits per heavy atom. The van der Waals surface area contributed by atoms with Gasteiger partial charge in [0.05, 0.1) is 16.9 Å². The molecule has 0 unspecified atom stereocenters. The van der Waals surface area contributed by atoms with E-state index in [0.717, 1.165) is 22.0 Å². The molecule has 7 atom stereocenters. The molecule has 5 nitrogen and oxygen atoms in total. The maximum absolute atomic E-state index is 13.7. The summed E-state index contributed by atoms with van der Waals surface area (Å²) >= 11 is 9.77. The number of likely N-dealkylation sites (tertiary alicyclic amines) is 1. The Hall–Kier alpha value is -2.44. The maximum Gasteiger partial charge on any atom is 0.248 e. The van der Waals surface area contributed by atoms with Gasteiger partial charge in [-0.25, -0.2) is 0 Å². The van der Waals surface area contributed by atoms with Gasteiger partial charge < -0.3 is 5.32 Å². The van der Waals surface area contributed by atoms with E-state index in [1.165, 1.54) is 4.90 Å². The van der Waals surface area contributed by atoms with E-state index in [-0.39, 0.29) is 47.8 Å². The quantitative estimate of drug-likeness (QED) is 0.429. The zero-order valence-corrected chi connectivity index (χ0v) is 20.9. The fourth-order valence-corrected chi connectivity index (χ4v) is 7.02. The smallest absolute Gasteiger partial charge is 0.248 e. The molecule has 2 aromatic rings. The Labute approximate surface area is 211 Å². The fourth-order valence-electron chi connectivity index (χ4n) is 6.43. The van der Waals surface area contributed by atoms with Gasteiger partial charge in [-0.1, -0.05) is 54.1 Å². The summed E-state index contributed by atoms with van der Waals surface area (Å²) < 4.78 is 0.737. The van der Waals surface area contributed by atoms with Crippen LogP contribution in [0.1, 0.15) is 17.5 Å². The second-order valence-corrected chi connectivity index (χ2v) is 11.2. The van der Waals surface area contributed by atoms with Gasteiger partial charge in [0.25, 0.3) is 0 Å². The highest BCUT2D eigenvalue weighted by Gasteiger charge is 2.67. The molecule has 2 saturated carbocycles. The average molecular weight is 540 g/mol. The highest BCUT2D eigenvalue weighted by atomic mass is 79.9. The van der Waals surface area contributed by atoms with Crippen LogP contribution in [0.4, 0.5) is 5.69 Å². The summed E-state index contributed by atoms with van der Waals surface area (Å²) in [4.78, 5) is 42.4. The van der Waals surface area contributed by atoms with Crippen molar-refractivity contribution in [1.29, 1.82) is 0 Å². The largest absolute Gasteiger partial charge is 0.324 e. The first-order chi connectivity index (χ1) is 16.4. The number of nitrogens with one attached hydrogen (secondary N) is 1. The first-order valence-electron chi connectivity index (χ1n) is 11.7. The van der Waals surface area contributed by atoms with Gasteiger partial charge in [0.15, 0.2) is 0 Å². The number of amides is 3. The molecule has 0 spiro atoms. The number of nitrogens with zero attached hydrogens (tertiary/aromatic N) is 1. The Morgan fingerprint density at radius 2 is 1.68 bits per heavy atom. The number of hydrogen-bond acceptors (Lipinski definition) is 3. The van der Waals surface area contributed by atoms with E-state index in [4.69, 9.17) is 11.6 Å². The molecule has 3 amide bonds. The van der Waals surface area contributed by atoms with Crippen molar-refractivity contribution in [3.05, 3.63) is 75.2 Å². The van der Waals surface area contributed by atoms with E-state index in [9.17, 15) is 14.4 Å². The van der Waals surface area contributed by atoms with E-state index in [1.807, 2.05) is 37.3 Å². The van der Waals surface area contributed by atoms with E-state index in [2.05, 4.69) is 33.4 Å². The van der Waals surface area contributed by atoms with E-state index < -0.39 is 6.04 Å². The summed E-state index contributed by atoms with van der Waals surface area (Å²) in [7, 11) is 0. The van der Waals surface area contributed by atoms with Crippen LogP contribution in [0.5, 0.6) is 0 Å².